The van der Waals surface area contributed by atoms with Crippen molar-refractivity contribution in [3.63, 3.8) is 0 Å². The quantitative estimate of drug-likeness (QED) is 0.657. The van der Waals surface area contributed by atoms with Crippen LogP contribution >= 0.6 is 28.1 Å². The third kappa shape index (κ3) is 3.14. The Morgan fingerprint density at radius 3 is 1.94 bits per heavy atom. The van der Waals surface area contributed by atoms with E-state index in [0.717, 1.165) is 5.30 Å². The molecule has 0 amide bonds. The number of thiol groups is 1. The van der Waals surface area contributed by atoms with Crippen LogP contribution in [-0.4, -0.2) is 0 Å². The van der Waals surface area contributed by atoms with E-state index >= 15 is 0 Å². The van der Waals surface area contributed by atoms with Crippen molar-refractivity contribution >= 4 is 45.2 Å². The van der Waals surface area contributed by atoms with Crippen molar-refractivity contribution in [2.45, 2.75) is 4.90 Å². The Hall–Kier alpha value is -0.210. The van der Waals surface area contributed by atoms with Gasteiger partial charge in [0.25, 0.3) is 0 Å². The highest BCUT2D eigenvalue weighted by atomic mass is 33.2. The minimum atomic E-state index is -1.82. The number of hydrogen-bond acceptors (Lipinski definition) is 2. The second kappa shape index (κ2) is 5.42. The maximum absolute atomic E-state index is 5.63. The molecule has 0 saturated heterocycles. The molecule has 0 saturated carbocycles. The summed E-state index contributed by atoms with van der Waals surface area (Å²) in [5.41, 5.74) is 0. The Kier molecular flexibility index (Phi) is 4.15. The topological polar surface area (TPSA) is 0 Å². The van der Waals surface area contributed by atoms with Crippen molar-refractivity contribution < 1.29 is 0 Å². The Morgan fingerprint density at radius 2 is 1.38 bits per heavy atom. The summed E-state index contributed by atoms with van der Waals surface area (Å²) in [6, 6.07) is 20.3. The SMILES string of the molecule is S=P(S)(Sc1ccccc1)c1ccccc1. The maximum Gasteiger partial charge on any atom is 0.0866 e. The lowest BCUT2D eigenvalue weighted by Gasteiger charge is -2.15. The lowest BCUT2D eigenvalue weighted by Crippen LogP contribution is -1.95. The molecule has 0 aromatic heterocycles. The Labute approximate surface area is 110 Å². The molecule has 0 radical (unpaired) electrons. The molecule has 82 valence electrons. The van der Waals surface area contributed by atoms with Gasteiger partial charge in [0.05, 0.1) is 4.44 Å². The molecule has 2 aromatic carbocycles. The van der Waals surface area contributed by atoms with Gasteiger partial charge in [0.1, 0.15) is 0 Å². The average molecular weight is 282 g/mol. The van der Waals surface area contributed by atoms with Crippen molar-refractivity contribution in [1.82, 2.24) is 0 Å². The molecule has 2 aromatic rings. The molecule has 1 unspecified atom stereocenters. The first-order valence-electron chi connectivity index (χ1n) is 4.81. The van der Waals surface area contributed by atoms with E-state index in [2.05, 4.69) is 36.5 Å². The van der Waals surface area contributed by atoms with E-state index in [1.165, 1.54) is 4.90 Å². The molecule has 0 spiro atoms. The summed E-state index contributed by atoms with van der Waals surface area (Å²) in [6.07, 6.45) is 0. The second-order valence-corrected chi connectivity index (χ2v) is 13.4. The molecule has 0 nitrogen and oxygen atoms in total. The molecule has 0 heterocycles. The molecule has 0 fully saturated rings. The van der Waals surface area contributed by atoms with E-state index in [9.17, 15) is 0 Å². The molecule has 16 heavy (non-hydrogen) atoms. The summed E-state index contributed by atoms with van der Waals surface area (Å²) in [5, 5.41) is 1.15. The molecular formula is C12H11PS3. The highest BCUT2D eigenvalue weighted by Gasteiger charge is 2.15. The van der Waals surface area contributed by atoms with Crippen LogP contribution in [0.4, 0.5) is 0 Å². The van der Waals surface area contributed by atoms with E-state index in [1.54, 1.807) is 11.4 Å². The zero-order chi connectivity index (χ0) is 11.4. The Morgan fingerprint density at radius 1 is 0.875 bits per heavy atom. The fraction of sp³-hybridized carbons (Fsp3) is 0. The highest BCUT2D eigenvalue weighted by Crippen LogP contribution is 2.64. The fourth-order valence-electron chi connectivity index (χ4n) is 1.29. The predicted octanol–water partition coefficient (Wildman–Crippen LogP) is 4.34. The van der Waals surface area contributed by atoms with Crippen LogP contribution in [0.15, 0.2) is 65.6 Å². The fourth-order valence-corrected chi connectivity index (χ4v) is 6.80. The zero-order valence-corrected chi connectivity index (χ0v) is 11.9. The first-order chi connectivity index (χ1) is 7.68. The molecule has 1 atom stereocenters. The monoisotopic (exact) mass is 282 g/mol. The van der Waals surface area contributed by atoms with Crippen LogP contribution in [0.25, 0.3) is 0 Å². The van der Waals surface area contributed by atoms with E-state index in [0.29, 0.717) is 0 Å². The number of rotatable bonds is 3. The van der Waals surface area contributed by atoms with Gasteiger partial charge in [0.15, 0.2) is 0 Å². The van der Waals surface area contributed by atoms with Crippen molar-refractivity contribution in [3.05, 3.63) is 60.7 Å². The van der Waals surface area contributed by atoms with Gasteiger partial charge in [0, 0.05) is 10.2 Å². The van der Waals surface area contributed by atoms with Crippen molar-refractivity contribution in [1.29, 1.82) is 0 Å². The number of hydrogen-bond donors (Lipinski definition) is 1. The molecule has 2 rings (SSSR count). The number of benzene rings is 2. The lowest BCUT2D eigenvalue weighted by molar-refractivity contribution is 1.48. The van der Waals surface area contributed by atoms with Crippen LogP contribution in [0.1, 0.15) is 0 Å². The molecule has 0 aliphatic rings. The van der Waals surface area contributed by atoms with Gasteiger partial charge in [-0.1, -0.05) is 71.7 Å². The molecule has 4 heteroatoms. The van der Waals surface area contributed by atoms with E-state index in [-0.39, 0.29) is 0 Å². The first kappa shape index (κ1) is 12.3. The minimum Gasteiger partial charge on any atom is -0.127 e. The first-order valence-corrected chi connectivity index (χ1v) is 10.2. The van der Waals surface area contributed by atoms with Gasteiger partial charge in [-0.05, 0) is 12.1 Å². The highest BCUT2D eigenvalue weighted by molar-refractivity contribution is 8.98. The average Bonchev–Trinajstić information content (AvgIpc) is 2.31. The van der Waals surface area contributed by atoms with Gasteiger partial charge < -0.3 is 0 Å². The van der Waals surface area contributed by atoms with Crippen molar-refractivity contribution in [2.75, 3.05) is 0 Å². The summed E-state index contributed by atoms with van der Waals surface area (Å²) in [6.45, 7) is 0. The van der Waals surface area contributed by atoms with E-state index in [4.69, 9.17) is 11.8 Å². The third-order valence-electron chi connectivity index (χ3n) is 2.05. The summed E-state index contributed by atoms with van der Waals surface area (Å²) < 4.78 is -1.82. The van der Waals surface area contributed by atoms with Crippen LogP contribution in [0.5, 0.6) is 0 Å². The van der Waals surface area contributed by atoms with Gasteiger partial charge >= 0.3 is 0 Å². The van der Waals surface area contributed by atoms with Crippen LogP contribution < -0.4 is 5.30 Å². The molecule has 0 bridgehead atoms. The van der Waals surface area contributed by atoms with Crippen molar-refractivity contribution in [3.8, 4) is 0 Å². The van der Waals surface area contributed by atoms with Gasteiger partial charge in [0.2, 0.25) is 0 Å². The Balaban J connectivity index is 2.25. The molecule has 0 aliphatic heterocycles. The zero-order valence-electron chi connectivity index (χ0n) is 8.48. The third-order valence-corrected chi connectivity index (χ3v) is 8.47. The summed E-state index contributed by atoms with van der Waals surface area (Å²) >= 11 is 12.0. The summed E-state index contributed by atoms with van der Waals surface area (Å²) in [5.74, 6) is 0. The van der Waals surface area contributed by atoms with Crippen LogP contribution in [0.3, 0.4) is 0 Å². The van der Waals surface area contributed by atoms with Crippen molar-refractivity contribution in [2.24, 2.45) is 0 Å². The van der Waals surface area contributed by atoms with E-state index in [1.807, 2.05) is 36.4 Å². The normalized spacial score (nSPS) is 14.3. The minimum absolute atomic E-state index is 1.15. The summed E-state index contributed by atoms with van der Waals surface area (Å²) in [7, 11) is 0. The lowest BCUT2D eigenvalue weighted by atomic mass is 10.4. The van der Waals surface area contributed by atoms with Crippen LogP contribution in [-0.2, 0) is 11.8 Å². The Bertz CT molecular complexity index is 496. The second-order valence-electron chi connectivity index (χ2n) is 3.26. The maximum atomic E-state index is 5.63. The van der Waals surface area contributed by atoms with Crippen LogP contribution in [0, 0.1) is 0 Å². The molecule has 0 N–H and O–H groups in total. The van der Waals surface area contributed by atoms with Gasteiger partial charge in [-0.15, -0.1) is 12.2 Å². The molecular weight excluding hydrogens is 271 g/mol. The largest absolute Gasteiger partial charge is 0.127 e. The summed E-state index contributed by atoms with van der Waals surface area (Å²) in [4.78, 5) is 1.18. The van der Waals surface area contributed by atoms with Crippen LogP contribution in [0.2, 0.25) is 0 Å². The van der Waals surface area contributed by atoms with Gasteiger partial charge in [-0.2, -0.15) is 0 Å². The predicted molar refractivity (Wildman–Crippen MR) is 81.6 cm³/mol. The van der Waals surface area contributed by atoms with Gasteiger partial charge in [-0.3, -0.25) is 0 Å². The van der Waals surface area contributed by atoms with Gasteiger partial charge in [-0.25, -0.2) is 0 Å². The molecule has 0 aliphatic carbocycles. The van der Waals surface area contributed by atoms with E-state index < -0.39 is 4.44 Å². The smallest absolute Gasteiger partial charge is 0.0866 e. The standard InChI is InChI=1S/C12H11PS3/c14-13(15,11-7-3-1-4-8-11)16-12-9-5-2-6-10-12/h1-10H,(H,14,15).